The number of rotatable bonds is 4. The molecule has 3 rings (SSSR count). The monoisotopic (exact) mass is 277 g/mol. The van der Waals surface area contributed by atoms with Crippen molar-refractivity contribution < 1.29 is 9.18 Å². The normalized spacial score (nSPS) is 20.9. The number of carbonyl (C=O) groups is 1. The molecule has 1 saturated carbocycles. The minimum absolute atomic E-state index is 0.167. The molecule has 2 amide bonds. The molecule has 1 fully saturated rings. The summed E-state index contributed by atoms with van der Waals surface area (Å²) in [7, 11) is 0. The van der Waals surface area contributed by atoms with Crippen LogP contribution in [0.15, 0.2) is 18.3 Å². The van der Waals surface area contributed by atoms with Gasteiger partial charge in [0.1, 0.15) is 5.82 Å². The molecule has 2 heterocycles. The Morgan fingerprint density at radius 2 is 2.40 bits per heavy atom. The van der Waals surface area contributed by atoms with Crippen LogP contribution in [0.5, 0.6) is 0 Å². The Hall–Kier alpha value is -2.18. The van der Waals surface area contributed by atoms with Crippen molar-refractivity contribution in [2.75, 3.05) is 5.32 Å². The summed E-state index contributed by atoms with van der Waals surface area (Å²) in [6.07, 6.45) is 4.51. The lowest BCUT2D eigenvalue weighted by Crippen LogP contribution is -2.31. The molecule has 1 aliphatic carbocycles. The van der Waals surface area contributed by atoms with Gasteiger partial charge in [0.05, 0.1) is 6.20 Å². The van der Waals surface area contributed by atoms with Gasteiger partial charge >= 0.3 is 6.03 Å². The van der Waals surface area contributed by atoms with Crippen molar-refractivity contribution in [2.24, 2.45) is 5.92 Å². The van der Waals surface area contributed by atoms with Crippen LogP contribution in [0.25, 0.3) is 5.65 Å². The van der Waals surface area contributed by atoms with Crippen molar-refractivity contribution in [1.82, 2.24) is 19.9 Å². The van der Waals surface area contributed by atoms with Gasteiger partial charge in [-0.05, 0) is 30.9 Å². The second kappa shape index (κ2) is 5.07. The maximum absolute atomic E-state index is 13.0. The zero-order valence-electron chi connectivity index (χ0n) is 11.1. The van der Waals surface area contributed by atoms with Crippen molar-refractivity contribution in [3.8, 4) is 0 Å². The summed E-state index contributed by atoms with van der Waals surface area (Å²) >= 11 is 0. The SMILES string of the molecule is CCC[C@H]1C[C@@H]1NC(=O)Nc1nc2ccc(F)cn2n1. The van der Waals surface area contributed by atoms with Crippen molar-refractivity contribution >= 4 is 17.6 Å². The van der Waals surface area contributed by atoms with Gasteiger partial charge in [-0.25, -0.2) is 13.7 Å². The molecule has 0 spiro atoms. The van der Waals surface area contributed by atoms with Gasteiger partial charge in [-0.3, -0.25) is 5.32 Å². The minimum atomic E-state index is -0.404. The van der Waals surface area contributed by atoms with Crippen LogP contribution >= 0.6 is 0 Å². The molecule has 2 N–H and O–H groups in total. The molecule has 2 aromatic rings. The lowest BCUT2D eigenvalue weighted by molar-refractivity contribution is 0.251. The summed E-state index contributed by atoms with van der Waals surface area (Å²) in [6.45, 7) is 2.13. The number of hydrogen-bond acceptors (Lipinski definition) is 3. The van der Waals surface area contributed by atoms with E-state index in [0.29, 0.717) is 11.6 Å². The van der Waals surface area contributed by atoms with E-state index in [4.69, 9.17) is 0 Å². The summed E-state index contributed by atoms with van der Waals surface area (Å²) in [4.78, 5) is 15.9. The van der Waals surface area contributed by atoms with Gasteiger partial charge in [0.2, 0.25) is 0 Å². The number of halogens is 1. The van der Waals surface area contributed by atoms with E-state index in [1.807, 2.05) is 0 Å². The molecule has 0 unspecified atom stereocenters. The number of pyridine rings is 1. The van der Waals surface area contributed by atoms with Crippen LogP contribution < -0.4 is 10.6 Å². The Labute approximate surface area is 115 Å². The Morgan fingerprint density at radius 3 is 3.20 bits per heavy atom. The summed E-state index contributed by atoms with van der Waals surface area (Å²) in [5.74, 6) is 0.355. The van der Waals surface area contributed by atoms with E-state index in [0.717, 1.165) is 19.3 Å². The number of urea groups is 1. The number of nitrogens with zero attached hydrogens (tertiary/aromatic N) is 3. The average Bonchev–Trinajstić information content (AvgIpc) is 2.98. The molecular weight excluding hydrogens is 261 g/mol. The standard InChI is InChI=1S/C13H16FN5O/c1-2-3-8-6-10(8)15-13(20)17-12-16-11-5-4-9(14)7-19(11)18-12/h4-5,7-8,10H,2-3,6H2,1H3,(H2,15,17,18,20)/t8-,10-/m0/s1. The van der Waals surface area contributed by atoms with Crippen LogP contribution in [0.3, 0.4) is 0 Å². The predicted octanol–water partition coefficient (Wildman–Crippen LogP) is 2.18. The largest absolute Gasteiger partial charge is 0.335 e. The van der Waals surface area contributed by atoms with E-state index in [1.165, 1.54) is 22.8 Å². The van der Waals surface area contributed by atoms with Crippen LogP contribution in [-0.4, -0.2) is 26.7 Å². The molecule has 0 radical (unpaired) electrons. The molecule has 1 aliphatic rings. The number of aromatic nitrogens is 3. The number of amides is 2. The quantitative estimate of drug-likeness (QED) is 0.899. The van der Waals surface area contributed by atoms with Crippen LogP contribution in [0.2, 0.25) is 0 Å². The molecule has 6 nitrogen and oxygen atoms in total. The molecule has 20 heavy (non-hydrogen) atoms. The lowest BCUT2D eigenvalue weighted by Gasteiger charge is -2.03. The number of carbonyl (C=O) groups excluding carboxylic acids is 1. The first-order chi connectivity index (χ1) is 9.65. The number of anilines is 1. The Morgan fingerprint density at radius 1 is 1.55 bits per heavy atom. The van der Waals surface area contributed by atoms with E-state index in [2.05, 4.69) is 27.6 Å². The zero-order valence-corrected chi connectivity index (χ0v) is 11.1. The molecular formula is C13H16FN5O. The fourth-order valence-electron chi connectivity index (χ4n) is 2.33. The molecule has 2 aromatic heterocycles. The van der Waals surface area contributed by atoms with Gasteiger partial charge in [0, 0.05) is 6.04 Å². The van der Waals surface area contributed by atoms with Crippen LogP contribution in [0.4, 0.5) is 15.1 Å². The molecule has 2 atom stereocenters. The number of hydrogen-bond donors (Lipinski definition) is 2. The highest BCUT2D eigenvalue weighted by molar-refractivity contribution is 5.88. The lowest BCUT2D eigenvalue weighted by atomic mass is 10.2. The fourth-order valence-corrected chi connectivity index (χ4v) is 2.33. The van der Waals surface area contributed by atoms with Crippen molar-refractivity contribution in [3.05, 3.63) is 24.1 Å². The first-order valence-corrected chi connectivity index (χ1v) is 6.75. The highest BCUT2D eigenvalue weighted by atomic mass is 19.1. The summed E-state index contributed by atoms with van der Waals surface area (Å²) in [5, 5.41) is 9.44. The summed E-state index contributed by atoms with van der Waals surface area (Å²) in [6, 6.07) is 2.74. The van der Waals surface area contributed by atoms with E-state index in [1.54, 1.807) is 0 Å². The van der Waals surface area contributed by atoms with Gasteiger partial charge < -0.3 is 5.32 Å². The topological polar surface area (TPSA) is 71.3 Å². The number of nitrogens with one attached hydrogen (secondary N) is 2. The third-order valence-electron chi connectivity index (χ3n) is 3.42. The second-order valence-electron chi connectivity index (χ2n) is 5.07. The third kappa shape index (κ3) is 2.71. The maximum atomic E-state index is 13.0. The second-order valence-corrected chi connectivity index (χ2v) is 5.07. The van der Waals surface area contributed by atoms with Gasteiger partial charge in [-0.15, -0.1) is 5.10 Å². The Balaban J connectivity index is 1.60. The van der Waals surface area contributed by atoms with Gasteiger partial charge in [0.25, 0.3) is 5.95 Å². The summed E-state index contributed by atoms with van der Waals surface area (Å²) in [5.41, 5.74) is 0.483. The Bertz CT molecular complexity index is 641. The molecule has 0 aliphatic heterocycles. The molecule has 0 bridgehead atoms. The van der Waals surface area contributed by atoms with E-state index >= 15 is 0 Å². The third-order valence-corrected chi connectivity index (χ3v) is 3.42. The van der Waals surface area contributed by atoms with Crippen LogP contribution in [-0.2, 0) is 0 Å². The van der Waals surface area contributed by atoms with E-state index < -0.39 is 5.82 Å². The van der Waals surface area contributed by atoms with Crippen molar-refractivity contribution in [1.29, 1.82) is 0 Å². The minimum Gasteiger partial charge on any atom is -0.335 e. The summed E-state index contributed by atoms with van der Waals surface area (Å²) < 4.78 is 14.3. The van der Waals surface area contributed by atoms with Crippen molar-refractivity contribution in [3.63, 3.8) is 0 Å². The average molecular weight is 277 g/mol. The molecule has 106 valence electrons. The molecule has 0 aromatic carbocycles. The van der Waals surface area contributed by atoms with E-state index in [-0.39, 0.29) is 18.0 Å². The fraction of sp³-hybridized carbons (Fsp3) is 0.462. The van der Waals surface area contributed by atoms with Gasteiger partial charge in [0.15, 0.2) is 5.65 Å². The van der Waals surface area contributed by atoms with Gasteiger partial charge in [-0.2, -0.15) is 4.98 Å². The highest BCUT2D eigenvalue weighted by Gasteiger charge is 2.37. The van der Waals surface area contributed by atoms with Crippen LogP contribution in [0, 0.1) is 11.7 Å². The smallest absolute Gasteiger partial charge is 0.321 e. The number of fused-ring (bicyclic) bond motifs is 1. The van der Waals surface area contributed by atoms with Gasteiger partial charge in [-0.1, -0.05) is 13.3 Å². The highest BCUT2D eigenvalue weighted by Crippen LogP contribution is 2.34. The molecule has 7 heteroatoms. The first-order valence-electron chi connectivity index (χ1n) is 6.75. The molecule has 0 saturated heterocycles. The predicted molar refractivity (Wildman–Crippen MR) is 71.9 cm³/mol. The van der Waals surface area contributed by atoms with Crippen molar-refractivity contribution in [2.45, 2.75) is 32.2 Å². The Kier molecular flexibility index (Phi) is 3.25. The van der Waals surface area contributed by atoms with E-state index in [9.17, 15) is 9.18 Å². The first kappa shape index (κ1) is 12.8. The van der Waals surface area contributed by atoms with Crippen LogP contribution in [0.1, 0.15) is 26.2 Å². The zero-order chi connectivity index (χ0) is 14.1. The maximum Gasteiger partial charge on any atom is 0.321 e.